The third kappa shape index (κ3) is 3.48. The number of nitrogens with zero attached hydrogens (tertiary/aromatic N) is 2. The van der Waals surface area contributed by atoms with Crippen LogP contribution in [-0.2, 0) is 9.59 Å². The largest absolute Gasteiger partial charge is 0.366 e. The first-order valence-electron chi connectivity index (χ1n) is 10.4. The standard InChI is InChI=1S/C25H28N2O2/c1-16-5-8-20(9-6-16)22-23(26-13-11-17(2)12-14-26)25(29)27(24(22)28)21-10-7-18(3)15-19(21)4/h5-10,15,17H,11-14H2,1-4H3. The van der Waals surface area contributed by atoms with Crippen LogP contribution >= 0.6 is 0 Å². The van der Waals surface area contributed by atoms with Crippen molar-refractivity contribution >= 4 is 23.1 Å². The number of anilines is 1. The lowest BCUT2D eigenvalue weighted by Gasteiger charge is -2.32. The molecule has 1 saturated heterocycles. The number of carbonyl (C=O) groups is 2. The molecule has 2 amide bonds. The predicted molar refractivity (Wildman–Crippen MR) is 116 cm³/mol. The third-order valence-electron chi connectivity index (χ3n) is 6.09. The smallest absolute Gasteiger partial charge is 0.282 e. The van der Waals surface area contributed by atoms with E-state index in [0.29, 0.717) is 22.9 Å². The van der Waals surface area contributed by atoms with Crippen molar-refractivity contribution in [1.29, 1.82) is 0 Å². The predicted octanol–water partition coefficient (Wildman–Crippen LogP) is 4.63. The van der Waals surface area contributed by atoms with Gasteiger partial charge in [0.2, 0.25) is 0 Å². The Morgan fingerprint density at radius 1 is 0.828 bits per heavy atom. The summed E-state index contributed by atoms with van der Waals surface area (Å²) < 4.78 is 0. The lowest BCUT2D eigenvalue weighted by atomic mass is 9.97. The molecule has 0 atom stereocenters. The van der Waals surface area contributed by atoms with E-state index in [9.17, 15) is 9.59 Å². The number of likely N-dealkylation sites (tertiary alicyclic amines) is 1. The van der Waals surface area contributed by atoms with E-state index in [1.807, 2.05) is 63.2 Å². The number of piperidine rings is 1. The van der Waals surface area contributed by atoms with Crippen LogP contribution in [0.4, 0.5) is 5.69 Å². The Morgan fingerprint density at radius 2 is 1.45 bits per heavy atom. The zero-order chi connectivity index (χ0) is 20.7. The second-order valence-electron chi connectivity index (χ2n) is 8.49. The second kappa shape index (κ2) is 7.51. The monoisotopic (exact) mass is 388 g/mol. The summed E-state index contributed by atoms with van der Waals surface area (Å²) in [6, 6.07) is 13.7. The first kappa shape index (κ1) is 19.4. The maximum Gasteiger partial charge on any atom is 0.282 e. The molecule has 2 aliphatic rings. The van der Waals surface area contributed by atoms with Gasteiger partial charge in [0.15, 0.2) is 0 Å². The summed E-state index contributed by atoms with van der Waals surface area (Å²) in [6.45, 7) is 9.86. The molecule has 1 fully saturated rings. The van der Waals surface area contributed by atoms with Gasteiger partial charge >= 0.3 is 0 Å². The maximum atomic E-state index is 13.6. The molecule has 29 heavy (non-hydrogen) atoms. The van der Waals surface area contributed by atoms with Crippen LogP contribution < -0.4 is 4.90 Å². The highest BCUT2D eigenvalue weighted by molar-refractivity contribution is 6.45. The normalized spacial score (nSPS) is 18.2. The molecule has 0 N–H and O–H groups in total. The molecule has 2 aliphatic heterocycles. The zero-order valence-corrected chi connectivity index (χ0v) is 17.7. The Hall–Kier alpha value is -2.88. The SMILES string of the molecule is Cc1ccc(C2=C(N3CCC(C)CC3)C(=O)N(c3ccc(C)cc3C)C2=O)cc1. The lowest BCUT2D eigenvalue weighted by Crippen LogP contribution is -2.38. The fourth-order valence-electron chi connectivity index (χ4n) is 4.30. The average molecular weight is 389 g/mol. The summed E-state index contributed by atoms with van der Waals surface area (Å²) >= 11 is 0. The highest BCUT2D eigenvalue weighted by atomic mass is 16.2. The molecule has 0 aromatic heterocycles. The molecule has 4 rings (SSSR count). The fourth-order valence-corrected chi connectivity index (χ4v) is 4.30. The summed E-state index contributed by atoms with van der Waals surface area (Å²) in [7, 11) is 0. The second-order valence-corrected chi connectivity index (χ2v) is 8.49. The number of amides is 2. The molecular weight excluding hydrogens is 360 g/mol. The lowest BCUT2D eigenvalue weighted by molar-refractivity contribution is -0.120. The quantitative estimate of drug-likeness (QED) is 0.720. The zero-order valence-electron chi connectivity index (χ0n) is 17.7. The Morgan fingerprint density at radius 3 is 2.07 bits per heavy atom. The Kier molecular flexibility index (Phi) is 5.03. The van der Waals surface area contributed by atoms with Crippen molar-refractivity contribution in [2.45, 2.75) is 40.5 Å². The molecule has 4 heteroatoms. The molecule has 4 nitrogen and oxygen atoms in total. The van der Waals surface area contributed by atoms with Gasteiger partial charge in [0.05, 0.1) is 11.3 Å². The van der Waals surface area contributed by atoms with Crippen LogP contribution in [0, 0.1) is 26.7 Å². The fraction of sp³-hybridized carbons (Fsp3) is 0.360. The van der Waals surface area contributed by atoms with Crippen molar-refractivity contribution in [1.82, 2.24) is 4.90 Å². The molecule has 0 aliphatic carbocycles. The first-order valence-corrected chi connectivity index (χ1v) is 10.4. The van der Waals surface area contributed by atoms with E-state index < -0.39 is 0 Å². The average Bonchev–Trinajstić information content (AvgIpc) is 2.94. The molecule has 2 aromatic carbocycles. The van der Waals surface area contributed by atoms with E-state index in [1.54, 1.807) is 0 Å². The molecule has 2 aromatic rings. The summed E-state index contributed by atoms with van der Waals surface area (Å²) in [5, 5.41) is 0. The van der Waals surface area contributed by atoms with Gasteiger partial charge in [-0.3, -0.25) is 9.59 Å². The summed E-state index contributed by atoms with van der Waals surface area (Å²) in [5.74, 6) is 0.226. The van der Waals surface area contributed by atoms with Crippen LogP contribution in [0.3, 0.4) is 0 Å². The van der Waals surface area contributed by atoms with Gasteiger partial charge in [-0.05, 0) is 56.7 Å². The van der Waals surface area contributed by atoms with Gasteiger partial charge in [-0.1, -0.05) is 54.4 Å². The number of benzene rings is 2. The molecule has 0 spiro atoms. The maximum absolute atomic E-state index is 13.6. The molecule has 0 saturated carbocycles. The van der Waals surface area contributed by atoms with Gasteiger partial charge in [-0.15, -0.1) is 0 Å². The van der Waals surface area contributed by atoms with Gasteiger partial charge in [-0.2, -0.15) is 0 Å². The van der Waals surface area contributed by atoms with Crippen LogP contribution in [0.25, 0.3) is 5.57 Å². The summed E-state index contributed by atoms with van der Waals surface area (Å²) in [6.07, 6.45) is 2.07. The topological polar surface area (TPSA) is 40.6 Å². The van der Waals surface area contributed by atoms with Gasteiger partial charge in [0.25, 0.3) is 11.8 Å². The molecule has 0 radical (unpaired) electrons. The van der Waals surface area contributed by atoms with Crippen LogP contribution in [0.15, 0.2) is 48.2 Å². The van der Waals surface area contributed by atoms with E-state index in [-0.39, 0.29) is 11.8 Å². The number of aryl methyl sites for hydroxylation is 3. The molecule has 2 heterocycles. The number of rotatable bonds is 3. The minimum atomic E-state index is -0.223. The van der Waals surface area contributed by atoms with Gasteiger partial charge < -0.3 is 4.90 Å². The minimum absolute atomic E-state index is 0.202. The highest BCUT2D eigenvalue weighted by Crippen LogP contribution is 2.37. The molecule has 0 bridgehead atoms. The number of carbonyl (C=O) groups excluding carboxylic acids is 2. The van der Waals surface area contributed by atoms with Gasteiger partial charge in [-0.25, -0.2) is 4.90 Å². The Bertz CT molecular complexity index is 996. The first-order chi connectivity index (χ1) is 13.9. The number of hydrogen-bond acceptors (Lipinski definition) is 3. The van der Waals surface area contributed by atoms with Crippen LogP contribution in [0.2, 0.25) is 0 Å². The van der Waals surface area contributed by atoms with Crippen molar-refractivity contribution in [3.8, 4) is 0 Å². The Balaban J connectivity index is 1.82. The van der Waals surface area contributed by atoms with Gasteiger partial charge in [0, 0.05) is 13.1 Å². The third-order valence-corrected chi connectivity index (χ3v) is 6.09. The van der Waals surface area contributed by atoms with Crippen molar-refractivity contribution in [2.75, 3.05) is 18.0 Å². The summed E-state index contributed by atoms with van der Waals surface area (Å²) in [4.78, 5) is 30.7. The number of hydrogen-bond donors (Lipinski definition) is 0. The Labute approximate surface area is 172 Å². The van der Waals surface area contributed by atoms with E-state index in [4.69, 9.17) is 0 Å². The molecule has 0 unspecified atom stereocenters. The van der Waals surface area contributed by atoms with E-state index >= 15 is 0 Å². The van der Waals surface area contributed by atoms with Crippen molar-refractivity contribution in [3.05, 3.63) is 70.4 Å². The van der Waals surface area contributed by atoms with E-state index in [0.717, 1.165) is 48.2 Å². The molecular formula is C25H28N2O2. The van der Waals surface area contributed by atoms with Crippen molar-refractivity contribution in [2.24, 2.45) is 5.92 Å². The van der Waals surface area contributed by atoms with Crippen LogP contribution in [0.1, 0.15) is 42.0 Å². The van der Waals surface area contributed by atoms with E-state index in [1.165, 1.54) is 4.90 Å². The number of imide groups is 1. The van der Waals surface area contributed by atoms with E-state index in [2.05, 4.69) is 11.8 Å². The van der Waals surface area contributed by atoms with Crippen molar-refractivity contribution < 1.29 is 9.59 Å². The van der Waals surface area contributed by atoms with Crippen LogP contribution in [-0.4, -0.2) is 29.8 Å². The minimum Gasteiger partial charge on any atom is -0.366 e. The molecule has 150 valence electrons. The summed E-state index contributed by atoms with van der Waals surface area (Å²) in [5.41, 5.74) is 5.76. The van der Waals surface area contributed by atoms with Crippen molar-refractivity contribution in [3.63, 3.8) is 0 Å². The van der Waals surface area contributed by atoms with Gasteiger partial charge in [0.1, 0.15) is 5.70 Å². The highest BCUT2D eigenvalue weighted by Gasteiger charge is 2.43. The van der Waals surface area contributed by atoms with Crippen LogP contribution in [0.5, 0.6) is 0 Å².